The monoisotopic (exact) mass is 281 g/mol. The molecule has 20 heavy (non-hydrogen) atoms. The Morgan fingerprint density at radius 3 is 2.70 bits per heavy atom. The van der Waals surface area contributed by atoms with E-state index < -0.39 is 0 Å². The quantitative estimate of drug-likeness (QED) is 0.773. The highest BCUT2D eigenvalue weighted by molar-refractivity contribution is 4.83. The van der Waals surface area contributed by atoms with Gasteiger partial charge in [-0.25, -0.2) is 0 Å². The summed E-state index contributed by atoms with van der Waals surface area (Å²) >= 11 is 0. The first-order chi connectivity index (χ1) is 9.74. The molecule has 0 spiro atoms. The molecule has 118 valence electrons. The van der Waals surface area contributed by atoms with Gasteiger partial charge < -0.3 is 10.2 Å². The molecule has 3 heteroatoms. The summed E-state index contributed by atoms with van der Waals surface area (Å²) in [7, 11) is 0. The molecule has 2 heterocycles. The third kappa shape index (κ3) is 4.44. The van der Waals surface area contributed by atoms with E-state index in [0.717, 1.165) is 17.9 Å². The molecule has 2 rings (SSSR count). The van der Waals surface area contributed by atoms with Crippen molar-refractivity contribution in [3.05, 3.63) is 0 Å². The Bertz CT molecular complexity index is 259. The van der Waals surface area contributed by atoms with E-state index in [0.29, 0.717) is 0 Å². The van der Waals surface area contributed by atoms with Crippen molar-refractivity contribution in [3.8, 4) is 0 Å². The Labute approximate surface area is 126 Å². The molecule has 2 saturated heterocycles. The first-order valence-electron chi connectivity index (χ1n) is 8.91. The van der Waals surface area contributed by atoms with E-state index in [4.69, 9.17) is 0 Å². The lowest BCUT2D eigenvalue weighted by Crippen LogP contribution is -2.38. The minimum absolute atomic E-state index is 0.816. The zero-order valence-electron chi connectivity index (χ0n) is 13.9. The van der Waals surface area contributed by atoms with Crippen LogP contribution in [-0.2, 0) is 0 Å². The summed E-state index contributed by atoms with van der Waals surface area (Å²) in [5, 5.41) is 3.56. The summed E-state index contributed by atoms with van der Waals surface area (Å²) in [5.74, 6) is 1.81. The van der Waals surface area contributed by atoms with Gasteiger partial charge in [-0.1, -0.05) is 20.8 Å². The first kappa shape index (κ1) is 16.3. The lowest BCUT2D eigenvalue weighted by molar-refractivity contribution is 0.198. The maximum Gasteiger partial charge on any atom is 0.0235 e. The van der Waals surface area contributed by atoms with Crippen LogP contribution < -0.4 is 5.32 Å². The Morgan fingerprint density at radius 1 is 1.25 bits per heavy atom. The van der Waals surface area contributed by atoms with Crippen LogP contribution in [0.15, 0.2) is 0 Å². The van der Waals surface area contributed by atoms with E-state index in [2.05, 4.69) is 35.9 Å². The molecule has 0 bridgehead atoms. The third-order valence-corrected chi connectivity index (χ3v) is 5.62. The number of nitrogens with zero attached hydrogens (tertiary/aromatic N) is 2. The fourth-order valence-electron chi connectivity index (χ4n) is 4.04. The van der Waals surface area contributed by atoms with Crippen LogP contribution in [0.1, 0.15) is 46.5 Å². The van der Waals surface area contributed by atoms with Crippen LogP contribution in [0.3, 0.4) is 0 Å². The number of rotatable bonds is 7. The van der Waals surface area contributed by atoms with Crippen LogP contribution in [0.4, 0.5) is 0 Å². The van der Waals surface area contributed by atoms with Gasteiger partial charge in [0.05, 0.1) is 0 Å². The summed E-state index contributed by atoms with van der Waals surface area (Å²) in [6.07, 6.45) is 5.58. The van der Waals surface area contributed by atoms with Gasteiger partial charge in [0.25, 0.3) is 0 Å². The van der Waals surface area contributed by atoms with Gasteiger partial charge in [-0.15, -0.1) is 0 Å². The number of nitrogens with one attached hydrogen (secondary N) is 1. The molecule has 0 aliphatic carbocycles. The number of piperidine rings is 1. The average molecular weight is 281 g/mol. The predicted octanol–water partition coefficient (Wildman–Crippen LogP) is 2.43. The molecule has 0 saturated carbocycles. The Kier molecular flexibility index (Phi) is 6.79. The second-order valence-corrected chi connectivity index (χ2v) is 6.84. The second kappa shape index (κ2) is 8.35. The van der Waals surface area contributed by atoms with E-state index in [1.807, 2.05) is 0 Å². The highest BCUT2D eigenvalue weighted by atomic mass is 15.2. The van der Waals surface area contributed by atoms with Crippen molar-refractivity contribution in [2.45, 2.75) is 52.5 Å². The first-order valence-corrected chi connectivity index (χ1v) is 8.91. The van der Waals surface area contributed by atoms with E-state index in [1.54, 1.807) is 0 Å². The summed E-state index contributed by atoms with van der Waals surface area (Å²) in [4.78, 5) is 5.34. The van der Waals surface area contributed by atoms with Gasteiger partial charge in [0.2, 0.25) is 0 Å². The van der Waals surface area contributed by atoms with Crippen LogP contribution in [0.2, 0.25) is 0 Å². The molecule has 3 nitrogen and oxygen atoms in total. The number of likely N-dealkylation sites (tertiary alicyclic amines) is 1. The van der Waals surface area contributed by atoms with Crippen LogP contribution >= 0.6 is 0 Å². The van der Waals surface area contributed by atoms with Gasteiger partial charge in [0.1, 0.15) is 0 Å². The lowest BCUT2D eigenvalue weighted by atomic mass is 9.85. The van der Waals surface area contributed by atoms with Crippen molar-refractivity contribution >= 4 is 0 Å². The van der Waals surface area contributed by atoms with Gasteiger partial charge in [0, 0.05) is 12.6 Å². The Morgan fingerprint density at radius 2 is 2.05 bits per heavy atom. The van der Waals surface area contributed by atoms with Gasteiger partial charge in [-0.05, 0) is 76.8 Å². The van der Waals surface area contributed by atoms with Crippen molar-refractivity contribution in [2.24, 2.45) is 11.8 Å². The Hall–Kier alpha value is -0.120. The van der Waals surface area contributed by atoms with Gasteiger partial charge in [0.15, 0.2) is 0 Å². The molecule has 2 aliphatic heterocycles. The molecule has 0 aromatic heterocycles. The highest BCUT2D eigenvalue weighted by Gasteiger charge is 2.27. The fourth-order valence-corrected chi connectivity index (χ4v) is 4.04. The molecule has 2 aliphatic rings. The maximum atomic E-state index is 3.56. The molecular weight excluding hydrogens is 246 g/mol. The second-order valence-electron chi connectivity index (χ2n) is 6.84. The van der Waals surface area contributed by atoms with Crippen LogP contribution in [-0.4, -0.2) is 61.7 Å². The zero-order chi connectivity index (χ0) is 14.4. The lowest BCUT2D eigenvalue weighted by Gasteiger charge is -2.30. The SMILES string of the molecule is CCN(CC)C1CCN(CCC(C)C2CCCNC2)C1. The smallest absolute Gasteiger partial charge is 0.0235 e. The molecule has 2 fully saturated rings. The van der Waals surface area contributed by atoms with Crippen molar-refractivity contribution in [1.29, 1.82) is 0 Å². The summed E-state index contributed by atoms with van der Waals surface area (Å²) in [6, 6.07) is 0.816. The minimum Gasteiger partial charge on any atom is -0.316 e. The van der Waals surface area contributed by atoms with E-state index in [-0.39, 0.29) is 0 Å². The normalized spacial score (nSPS) is 30.0. The number of hydrogen-bond acceptors (Lipinski definition) is 3. The van der Waals surface area contributed by atoms with Crippen molar-refractivity contribution in [3.63, 3.8) is 0 Å². The highest BCUT2D eigenvalue weighted by Crippen LogP contribution is 2.24. The van der Waals surface area contributed by atoms with E-state index in [9.17, 15) is 0 Å². The third-order valence-electron chi connectivity index (χ3n) is 5.62. The molecule has 0 amide bonds. The molecule has 1 N–H and O–H groups in total. The number of hydrogen-bond donors (Lipinski definition) is 1. The van der Waals surface area contributed by atoms with Crippen LogP contribution in [0.5, 0.6) is 0 Å². The van der Waals surface area contributed by atoms with Gasteiger partial charge >= 0.3 is 0 Å². The Balaban J connectivity index is 1.67. The fraction of sp³-hybridized carbons (Fsp3) is 1.00. The number of likely N-dealkylation sites (N-methyl/N-ethyl adjacent to an activating group) is 1. The van der Waals surface area contributed by atoms with Crippen LogP contribution in [0.25, 0.3) is 0 Å². The minimum atomic E-state index is 0.816. The molecule has 3 atom stereocenters. The predicted molar refractivity (Wildman–Crippen MR) is 87.1 cm³/mol. The maximum absolute atomic E-state index is 3.56. The zero-order valence-corrected chi connectivity index (χ0v) is 13.9. The summed E-state index contributed by atoms with van der Waals surface area (Å²) in [5.41, 5.74) is 0. The van der Waals surface area contributed by atoms with Crippen LogP contribution in [0, 0.1) is 11.8 Å². The average Bonchev–Trinajstić information content (AvgIpc) is 2.96. The molecule has 0 radical (unpaired) electrons. The van der Waals surface area contributed by atoms with Gasteiger partial charge in [-0.2, -0.15) is 0 Å². The molecule has 0 aromatic rings. The standard InChI is InChI=1S/C17H35N3/c1-4-20(5-2)17-9-12-19(14-17)11-8-15(3)16-7-6-10-18-13-16/h15-18H,4-14H2,1-3H3. The van der Waals surface area contributed by atoms with E-state index in [1.165, 1.54) is 71.5 Å². The molecule has 0 aromatic carbocycles. The van der Waals surface area contributed by atoms with Crippen molar-refractivity contribution in [1.82, 2.24) is 15.1 Å². The topological polar surface area (TPSA) is 18.5 Å². The molecule has 3 unspecified atom stereocenters. The van der Waals surface area contributed by atoms with Crippen molar-refractivity contribution < 1.29 is 0 Å². The van der Waals surface area contributed by atoms with Gasteiger partial charge in [-0.3, -0.25) is 4.90 Å². The summed E-state index contributed by atoms with van der Waals surface area (Å²) in [6.45, 7) is 15.9. The summed E-state index contributed by atoms with van der Waals surface area (Å²) < 4.78 is 0. The van der Waals surface area contributed by atoms with Crippen molar-refractivity contribution in [2.75, 3.05) is 45.8 Å². The van der Waals surface area contributed by atoms with E-state index >= 15 is 0 Å². The molecular formula is C17H35N3. The largest absolute Gasteiger partial charge is 0.316 e.